The highest BCUT2D eigenvalue weighted by Gasteiger charge is 2.32. The van der Waals surface area contributed by atoms with Crippen molar-refractivity contribution in [2.75, 3.05) is 18.4 Å². The predicted molar refractivity (Wildman–Crippen MR) is 108 cm³/mol. The summed E-state index contributed by atoms with van der Waals surface area (Å²) in [6, 6.07) is 1.64. The van der Waals surface area contributed by atoms with Crippen molar-refractivity contribution in [1.82, 2.24) is 14.7 Å². The second-order valence-corrected chi connectivity index (χ2v) is 8.19. The van der Waals surface area contributed by atoms with Crippen LogP contribution in [-0.2, 0) is 14.4 Å². The van der Waals surface area contributed by atoms with Crippen molar-refractivity contribution >= 4 is 35.2 Å². The second kappa shape index (κ2) is 7.88. The Kier molecular flexibility index (Phi) is 5.29. The monoisotopic (exact) mass is 398 g/mol. The molecule has 3 amide bonds. The van der Waals surface area contributed by atoms with E-state index in [0.29, 0.717) is 24.7 Å². The van der Waals surface area contributed by atoms with Crippen molar-refractivity contribution in [2.24, 2.45) is 21.8 Å². The van der Waals surface area contributed by atoms with E-state index in [1.54, 1.807) is 17.9 Å². The minimum absolute atomic E-state index is 0.144. The number of hydrogen-bond donors (Lipinski definition) is 1. The molecule has 0 radical (unpaired) electrons. The van der Waals surface area contributed by atoms with Gasteiger partial charge in [-0.15, -0.1) is 0 Å². The summed E-state index contributed by atoms with van der Waals surface area (Å²) in [5.41, 5.74) is 1.45. The normalized spacial score (nSPS) is 24.5. The molecule has 4 rings (SSSR count). The molecule has 0 aromatic carbocycles. The van der Waals surface area contributed by atoms with Gasteiger partial charge in [0.05, 0.1) is 11.6 Å². The summed E-state index contributed by atoms with van der Waals surface area (Å²) >= 11 is 0. The van der Waals surface area contributed by atoms with Gasteiger partial charge in [-0.1, -0.05) is 13.3 Å². The highest BCUT2D eigenvalue weighted by atomic mass is 16.2. The molecular weight excluding hydrogens is 372 g/mol. The number of likely N-dealkylation sites (tertiary alicyclic amines) is 1. The van der Waals surface area contributed by atoms with E-state index < -0.39 is 11.8 Å². The summed E-state index contributed by atoms with van der Waals surface area (Å²) in [5, 5.41) is 6.97. The number of fused-ring (bicyclic) bond motifs is 1. The number of carbonyl (C=O) groups excluding carboxylic acids is 3. The van der Waals surface area contributed by atoms with Crippen LogP contribution in [0.15, 0.2) is 16.1 Å². The molecule has 0 spiro atoms. The van der Waals surface area contributed by atoms with E-state index >= 15 is 0 Å². The van der Waals surface area contributed by atoms with Crippen molar-refractivity contribution in [3.8, 4) is 0 Å². The number of carbonyl (C=O) groups is 3. The lowest BCUT2D eigenvalue weighted by atomic mass is 9.86. The first-order chi connectivity index (χ1) is 13.9. The van der Waals surface area contributed by atoms with Gasteiger partial charge in [0.15, 0.2) is 0 Å². The first-order valence-electron chi connectivity index (χ1n) is 10.3. The Morgan fingerprint density at radius 3 is 2.79 bits per heavy atom. The van der Waals surface area contributed by atoms with Crippen molar-refractivity contribution in [3.05, 3.63) is 11.8 Å². The minimum atomic E-state index is -0.716. The van der Waals surface area contributed by atoms with Crippen LogP contribution in [0.1, 0.15) is 51.1 Å². The largest absolute Gasteiger partial charge is 0.334 e. The topological polar surface area (TPSA) is 109 Å². The Hall–Kier alpha value is -2.84. The van der Waals surface area contributed by atoms with E-state index in [2.05, 4.69) is 27.3 Å². The number of anilines is 1. The molecule has 1 aromatic heterocycles. The van der Waals surface area contributed by atoms with E-state index in [9.17, 15) is 14.4 Å². The number of rotatable bonds is 1. The molecule has 3 aliphatic rings. The van der Waals surface area contributed by atoms with E-state index in [1.807, 2.05) is 0 Å². The van der Waals surface area contributed by atoms with Crippen molar-refractivity contribution in [3.63, 3.8) is 0 Å². The lowest BCUT2D eigenvalue weighted by Crippen LogP contribution is -2.45. The SMILES string of the molecule is Cc1cc(NC(=O)C(=O)N2CCCC(C)C2)n(C2=NC(=O)C3CCCCC3=N2)n1. The molecule has 0 bridgehead atoms. The molecule has 1 aliphatic carbocycles. The van der Waals surface area contributed by atoms with Crippen LogP contribution in [0.25, 0.3) is 0 Å². The third kappa shape index (κ3) is 3.99. The van der Waals surface area contributed by atoms with Crippen LogP contribution in [0.4, 0.5) is 5.82 Å². The Bertz CT molecular complexity index is 915. The Morgan fingerprint density at radius 1 is 1.17 bits per heavy atom. The fourth-order valence-electron chi connectivity index (χ4n) is 4.25. The maximum Gasteiger partial charge on any atom is 0.315 e. The van der Waals surface area contributed by atoms with Gasteiger partial charge in [0.2, 0.25) is 0 Å². The lowest BCUT2D eigenvalue weighted by Gasteiger charge is -2.30. The summed E-state index contributed by atoms with van der Waals surface area (Å²) in [6.45, 7) is 5.01. The van der Waals surface area contributed by atoms with Gasteiger partial charge in [-0.25, -0.2) is 4.99 Å². The van der Waals surface area contributed by atoms with Crippen molar-refractivity contribution in [2.45, 2.75) is 52.4 Å². The number of aryl methyl sites for hydroxylation is 1. The van der Waals surface area contributed by atoms with Gasteiger partial charge in [-0.2, -0.15) is 14.8 Å². The van der Waals surface area contributed by atoms with E-state index in [-0.39, 0.29) is 23.6 Å². The van der Waals surface area contributed by atoms with E-state index in [0.717, 1.165) is 44.2 Å². The maximum absolute atomic E-state index is 12.6. The van der Waals surface area contributed by atoms with Gasteiger partial charge in [0.25, 0.3) is 11.9 Å². The first kappa shape index (κ1) is 19.5. The molecule has 9 nitrogen and oxygen atoms in total. The molecule has 2 aliphatic heterocycles. The smallest absolute Gasteiger partial charge is 0.315 e. The highest BCUT2D eigenvalue weighted by molar-refractivity contribution is 6.39. The maximum atomic E-state index is 12.6. The third-order valence-electron chi connectivity index (χ3n) is 5.73. The molecule has 9 heteroatoms. The molecule has 1 N–H and O–H groups in total. The third-order valence-corrected chi connectivity index (χ3v) is 5.73. The predicted octanol–water partition coefficient (Wildman–Crippen LogP) is 1.76. The highest BCUT2D eigenvalue weighted by Crippen LogP contribution is 2.26. The van der Waals surface area contributed by atoms with Crippen LogP contribution in [0.5, 0.6) is 0 Å². The number of hydrogen-bond acceptors (Lipinski definition) is 5. The van der Waals surface area contributed by atoms with Crippen molar-refractivity contribution < 1.29 is 14.4 Å². The lowest BCUT2D eigenvalue weighted by molar-refractivity contribution is -0.144. The number of aliphatic imine (C=N–C) groups is 2. The van der Waals surface area contributed by atoms with Crippen LogP contribution in [0.2, 0.25) is 0 Å². The van der Waals surface area contributed by atoms with Gasteiger partial charge in [0, 0.05) is 24.9 Å². The number of piperidine rings is 1. The van der Waals surface area contributed by atoms with Crippen LogP contribution in [0, 0.1) is 18.8 Å². The first-order valence-corrected chi connectivity index (χ1v) is 10.3. The standard InChI is InChI=1S/C20H26N6O3/c1-12-6-5-9-25(11-12)19(29)18(28)22-16-10-13(2)24-26(16)20-21-15-8-4-3-7-14(15)17(27)23-20/h10,12,14H,3-9,11H2,1-2H3,(H,22,28). The zero-order valence-electron chi connectivity index (χ0n) is 16.8. The van der Waals surface area contributed by atoms with Gasteiger partial charge in [-0.3, -0.25) is 14.4 Å². The summed E-state index contributed by atoms with van der Waals surface area (Å²) in [7, 11) is 0. The zero-order chi connectivity index (χ0) is 20.5. The molecule has 1 saturated carbocycles. The van der Waals surface area contributed by atoms with E-state index in [1.165, 1.54) is 4.68 Å². The summed E-state index contributed by atoms with van der Waals surface area (Å²) in [5.74, 6) is -0.899. The summed E-state index contributed by atoms with van der Waals surface area (Å²) in [6.07, 6.45) is 5.50. The van der Waals surface area contributed by atoms with Gasteiger partial charge < -0.3 is 10.2 Å². The average molecular weight is 398 g/mol. The van der Waals surface area contributed by atoms with Gasteiger partial charge >= 0.3 is 11.8 Å². The van der Waals surface area contributed by atoms with Crippen LogP contribution in [-0.4, -0.2) is 57.2 Å². The van der Waals surface area contributed by atoms with Crippen LogP contribution >= 0.6 is 0 Å². The molecule has 3 heterocycles. The molecule has 2 fully saturated rings. The number of amides is 3. The molecule has 154 valence electrons. The molecule has 2 unspecified atom stereocenters. The molecular formula is C20H26N6O3. The van der Waals surface area contributed by atoms with Crippen molar-refractivity contribution in [1.29, 1.82) is 0 Å². The minimum Gasteiger partial charge on any atom is -0.334 e. The van der Waals surface area contributed by atoms with Gasteiger partial charge in [0.1, 0.15) is 5.82 Å². The molecule has 2 atom stereocenters. The summed E-state index contributed by atoms with van der Waals surface area (Å²) < 4.78 is 1.34. The van der Waals surface area contributed by atoms with Crippen LogP contribution < -0.4 is 5.32 Å². The zero-order valence-corrected chi connectivity index (χ0v) is 16.8. The van der Waals surface area contributed by atoms with Crippen LogP contribution in [0.3, 0.4) is 0 Å². The number of aromatic nitrogens is 2. The summed E-state index contributed by atoms with van der Waals surface area (Å²) in [4.78, 5) is 47.8. The molecule has 1 saturated heterocycles. The average Bonchev–Trinajstić information content (AvgIpc) is 3.07. The fraction of sp³-hybridized carbons (Fsp3) is 0.600. The van der Waals surface area contributed by atoms with E-state index in [4.69, 9.17) is 0 Å². The molecule has 29 heavy (non-hydrogen) atoms. The Labute approximate surface area is 169 Å². The Morgan fingerprint density at radius 2 is 2.00 bits per heavy atom. The quantitative estimate of drug-likeness (QED) is 0.727. The number of nitrogens with zero attached hydrogens (tertiary/aromatic N) is 5. The fourth-order valence-corrected chi connectivity index (χ4v) is 4.25. The molecule has 1 aromatic rings. The second-order valence-electron chi connectivity index (χ2n) is 8.19. The van der Waals surface area contributed by atoms with Gasteiger partial charge in [-0.05, 0) is 44.9 Å². The number of nitrogens with one attached hydrogen (secondary N) is 1. The Balaban J connectivity index is 1.54.